The number of piperidine rings is 1. The van der Waals surface area contributed by atoms with E-state index in [9.17, 15) is 9.59 Å². The van der Waals surface area contributed by atoms with E-state index in [-0.39, 0.29) is 12.3 Å². The van der Waals surface area contributed by atoms with E-state index in [2.05, 4.69) is 0 Å². The van der Waals surface area contributed by atoms with E-state index in [1.54, 1.807) is 20.8 Å². The fraction of sp³-hybridized carbons (Fsp3) is 0.846. The summed E-state index contributed by atoms with van der Waals surface area (Å²) in [4.78, 5) is 25.2. The maximum atomic E-state index is 12.1. The van der Waals surface area contributed by atoms with Crippen molar-refractivity contribution in [2.75, 3.05) is 26.4 Å². The molecule has 1 atom stereocenters. The third-order valence-electron chi connectivity index (χ3n) is 3.18. The van der Waals surface area contributed by atoms with Gasteiger partial charge in [0.2, 0.25) is 5.91 Å². The number of imide groups is 1. The van der Waals surface area contributed by atoms with Crippen LogP contribution in [0, 0.1) is 0 Å². The van der Waals surface area contributed by atoms with Crippen LogP contribution in [0.4, 0.5) is 4.79 Å². The molecule has 0 aromatic rings. The van der Waals surface area contributed by atoms with Crippen molar-refractivity contribution >= 4 is 12.0 Å². The first-order chi connectivity index (χ1) is 8.81. The molecule has 0 aromatic carbocycles. The summed E-state index contributed by atoms with van der Waals surface area (Å²) in [6.45, 7) is 7.13. The standard InChI is InChI=1S/C13H21NO5/c1-12(2,3)19-11(16)14-5-4-13(8-10(14)15)9-17-6-7-18-13/h4-9H2,1-3H3. The fourth-order valence-corrected chi connectivity index (χ4v) is 2.27. The van der Waals surface area contributed by atoms with E-state index in [4.69, 9.17) is 14.2 Å². The minimum Gasteiger partial charge on any atom is -0.443 e. The zero-order chi connectivity index (χ0) is 14.1. The van der Waals surface area contributed by atoms with Crippen LogP contribution in [0.2, 0.25) is 0 Å². The SMILES string of the molecule is CC(C)(C)OC(=O)N1CCC2(COCCO2)CC1=O. The molecule has 0 N–H and O–H groups in total. The molecule has 2 saturated heterocycles. The summed E-state index contributed by atoms with van der Waals surface area (Å²) in [5.74, 6) is -0.258. The van der Waals surface area contributed by atoms with Gasteiger partial charge >= 0.3 is 6.09 Å². The van der Waals surface area contributed by atoms with Gasteiger partial charge in [-0.15, -0.1) is 0 Å². The molecule has 6 heteroatoms. The lowest BCUT2D eigenvalue weighted by atomic mass is 9.91. The normalized spacial score (nSPS) is 28.6. The molecule has 0 bridgehead atoms. The number of likely N-dealkylation sites (tertiary alicyclic amines) is 1. The summed E-state index contributed by atoms with van der Waals surface area (Å²) in [5, 5.41) is 0. The van der Waals surface area contributed by atoms with Crippen LogP contribution in [-0.4, -0.2) is 54.5 Å². The second-order valence-electron chi connectivity index (χ2n) is 6.04. The highest BCUT2D eigenvalue weighted by Crippen LogP contribution is 2.30. The second-order valence-corrected chi connectivity index (χ2v) is 6.04. The van der Waals surface area contributed by atoms with Gasteiger partial charge in [0.15, 0.2) is 0 Å². The van der Waals surface area contributed by atoms with Crippen LogP contribution in [0.1, 0.15) is 33.6 Å². The van der Waals surface area contributed by atoms with Crippen LogP contribution in [0.3, 0.4) is 0 Å². The Morgan fingerprint density at radius 3 is 2.63 bits per heavy atom. The Labute approximate surface area is 113 Å². The number of nitrogens with zero attached hydrogens (tertiary/aromatic N) is 1. The highest BCUT2D eigenvalue weighted by Gasteiger charge is 2.44. The Bertz CT molecular complexity index is 368. The minimum absolute atomic E-state index is 0.173. The van der Waals surface area contributed by atoms with Gasteiger partial charge in [-0.25, -0.2) is 9.69 Å². The van der Waals surface area contributed by atoms with Crippen molar-refractivity contribution < 1.29 is 23.8 Å². The lowest BCUT2D eigenvalue weighted by Crippen LogP contribution is -2.55. The van der Waals surface area contributed by atoms with Crippen molar-refractivity contribution in [2.45, 2.75) is 44.8 Å². The van der Waals surface area contributed by atoms with Gasteiger partial charge in [0.1, 0.15) is 11.2 Å². The molecule has 2 amide bonds. The third-order valence-corrected chi connectivity index (χ3v) is 3.18. The Kier molecular flexibility index (Phi) is 3.82. The zero-order valence-corrected chi connectivity index (χ0v) is 11.7. The van der Waals surface area contributed by atoms with E-state index in [0.717, 1.165) is 4.90 Å². The highest BCUT2D eigenvalue weighted by molar-refractivity contribution is 5.93. The summed E-state index contributed by atoms with van der Waals surface area (Å²) in [6, 6.07) is 0. The third kappa shape index (κ3) is 3.45. The highest BCUT2D eigenvalue weighted by atomic mass is 16.6. The number of carbonyl (C=O) groups is 2. The Morgan fingerprint density at radius 1 is 1.37 bits per heavy atom. The molecule has 1 unspecified atom stereocenters. The minimum atomic E-state index is -0.600. The molecule has 0 aliphatic carbocycles. The van der Waals surface area contributed by atoms with Crippen LogP contribution in [0.5, 0.6) is 0 Å². The van der Waals surface area contributed by atoms with Crippen LogP contribution >= 0.6 is 0 Å². The second kappa shape index (κ2) is 5.09. The van der Waals surface area contributed by atoms with Gasteiger partial charge in [0, 0.05) is 6.54 Å². The number of rotatable bonds is 0. The largest absolute Gasteiger partial charge is 0.443 e. The van der Waals surface area contributed by atoms with Crippen LogP contribution in [0.25, 0.3) is 0 Å². The summed E-state index contributed by atoms with van der Waals surface area (Å²) in [5.41, 5.74) is -1.15. The molecule has 2 fully saturated rings. The topological polar surface area (TPSA) is 65.1 Å². The lowest BCUT2D eigenvalue weighted by molar-refractivity contribution is -0.183. The summed E-state index contributed by atoms with van der Waals surface area (Å²) >= 11 is 0. The van der Waals surface area contributed by atoms with Crippen molar-refractivity contribution in [1.29, 1.82) is 0 Å². The molecule has 0 saturated carbocycles. The number of hydrogen-bond donors (Lipinski definition) is 0. The van der Waals surface area contributed by atoms with E-state index >= 15 is 0 Å². The van der Waals surface area contributed by atoms with E-state index < -0.39 is 17.3 Å². The van der Waals surface area contributed by atoms with Crippen LogP contribution < -0.4 is 0 Å². The molecule has 0 aromatic heterocycles. The van der Waals surface area contributed by atoms with Crippen molar-refractivity contribution in [3.8, 4) is 0 Å². The molecule has 6 nitrogen and oxygen atoms in total. The van der Waals surface area contributed by atoms with Gasteiger partial charge in [-0.2, -0.15) is 0 Å². The fourth-order valence-electron chi connectivity index (χ4n) is 2.27. The zero-order valence-electron chi connectivity index (χ0n) is 11.7. The first kappa shape index (κ1) is 14.3. The van der Waals surface area contributed by atoms with Gasteiger partial charge in [-0.05, 0) is 27.2 Å². The van der Waals surface area contributed by atoms with Gasteiger partial charge in [0.25, 0.3) is 0 Å². The molecular formula is C13H21NO5. The molecule has 108 valence electrons. The smallest absolute Gasteiger partial charge is 0.417 e. The monoisotopic (exact) mass is 271 g/mol. The Balaban J connectivity index is 1.97. The predicted octanol–water partition coefficient (Wildman–Crippen LogP) is 1.33. The van der Waals surface area contributed by atoms with Crippen molar-refractivity contribution in [3.63, 3.8) is 0 Å². The van der Waals surface area contributed by atoms with Gasteiger partial charge in [-0.3, -0.25) is 4.79 Å². The van der Waals surface area contributed by atoms with Crippen LogP contribution in [-0.2, 0) is 19.0 Å². The Hall–Kier alpha value is -1.14. The first-order valence-corrected chi connectivity index (χ1v) is 6.56. The maximum Gasteiger partial charge on any atom is 0.417 e. The first-order valence-electron chi connectivity index (χ1n) is 6.56. The van der Waals surface area contributed by atoms with Crippen molar-refractivity contribution in [3.05, 3.63) is 0 Å². The van der Waals surface area contributed by atoms with Crippen molar-refractivity contribution in [1.82, 2.24) is 4.90 Å². The number of carbonyl (C=O) groups excluding carboxylic acids is 2. The molecule has 2 heterocycles. The molecule has 1 spiro atoms. The summed E-state index contributed by atoms with van der Waals surface area (Å²) in [6.07, 6.45) is 0.189. The summed E-state index contributed by atoms with van der Waals surface area (Å²) < 4.78 is 16.3. The quantitative estimate of drug-likeness (QED) is 0.665. The van der Waals surface area contributed by atoms with Gasteiger partial charge < -0.3 is 14.2 Å². The van der Waals surface area contributed by atoms with Crippen molar-refractivity contribution in [2.24, 2.45) is 0 Å². The van der Waals surface area contributed by atoms with Gasteiger partial charge in [-0.1, -0.05) is 0 Å². The predicted molar refractivity (Wildman–Crippen MR) is 66.7 cm³/mol. The average Bonchev–Trinajstić information content (AvgIpc) is 2.27. The molecular weight excluding hydrogens is 250 g/mol. The molecule has 0 radical (unpaired) electrons. The maximum absolute atomic E-state index is 12.1. The Morgan fingerprint density at radius 2 is 2.11 bits per heavy atom. The summed E-state index contributed by atoms with van der Waals surface area (Å²) in [7, 11) is 0. The average molecular weight is 271 g/mol. The molecule has 2 rings (SSSR count). The van der Waals surface area contributed by atoms with Gasteiger partial charge in [0.05, 0.1) is 26.2 Å². The number of hydrogen-bond acceptors (Lipinski definition) is 5. The number of amides is 2. The lowest BCUT2D eigenvalue weighted by Gasteiger charge is -2.42. The molecule has 2 aliphatic rings. The van der Waals surface area contributed by atoms with Crippen LogP contribution in [0.15, 0.2) is 0 Å². The molecule has 19 heavy (non-hydrogen) atoms. The number of ether oxygens (including phenoxy) is 3. The molecule has 2 aliphatic heterocycles. The van der Waals surface area contributed by atoms with E-state index in [0.29, 0.717) is 32.8 Å². The van der Waals surface area contributed by atoms with E-state index in [1.165, 1.54) is 0 Å². The van der Waals surface area contributed by atoms with E-state index in [1.807, 2.05) is 0 Å².